The first-order valence-electron chi connectivity index (χ1n) is 12.4. The molecule has 0 aliphatic rings. The molecule has 0 aromatic heterocycles. The highest BCUT2D eigenvalue weighted by atomic mass is 16.6. The standard InChI is InChI=1S/C18H14O8.C6H11N.C5H10N2/c19-15(20)13(25-17(23)11-7-3-1-4-8-11)14(16(21)22)26-18(24)12-9-5-2-6-10-12;1-3-5-6(7)4-2;1-2-5(7)3-4-6/h1-10,13-14H,(H,19,20)(H,21,22);1,6H,4-5,7H2,2H3;5H,2-3,7H2,1H3/t13-,14-;6-;5-/m111/s1. The lowest BCUT2D eigenvalue weighted by atomic mass is 10.1. The molecule has 0 unspecified atom stereocenters. The fraction of sp³-hybridized carbons (Fsp3) is 0.345. The van der Waals surface area contributed by atoms with Gasteiger partial charge in [-0.2, -0.15) is 5.26 Å². The van der Waals surface area contributed by atoms with Crippen molar-refractivity contribution in [1.29, 1.82) is 5.26 Å². The number of hydrogen-bond donors (Lipinski definition) is 2. The average Bonchev–Trinajstić information content (AvgIpc) is 2.96. The van der Waals surface area contributed by atoms with Crippen molar-refractivity contribution >= 4 is 23.9 Å². The van der Waals surface area contributed by atoms with E-state index in [0.717, 1.165) is 19.3 Å². The molecular formula is C29H35N3O8. The molecule has 0 saturated heterocycles. The Hall–Kier alpha value is -4.71. The van der Waals surface area contributed by atoms with Gasteiger partial charge in [0, 0.05) is 0 Å². The fourth-order valence-electron chi connectivity index (χ4n) is 2.57. The van der Waals surface area contributed by atoms with Crippen molar-refractivity contribution in [1.82, 2.24) is 0 Å². The molecule has 0 fully saturated rings. The van der Waals surface area contributed by atoms with Crippen LogP contribution >= 0.6 is 0 Å². The van der Waals surface area contributed by atoms with Crippen LogP contribution in [0.25, 0.3) is 0 Å². The molecule has 0 spiro atoms. The Bertz CT molecular complexity index is 1050. The Morgan fingerprint density at radius 3 is 1.35 bits per heavy atom. The number of carboxylic acid groups (broad SMARTS) is 2. The molecule has 2 aromatic carbocycles. The van der Waals surface area contributed by atoms with Gasteiger partial charge in [-0.05, 0) is 37.1 Å². The maximum absolute atomic E-state index is 12.0. The van der Waals surface area contributed by atoms with Gasteiger partial charge in [-0.15, -0.1) is 12.3 Å². The maximum Gasteiger partial charge on any atom is 0.338 e. The molecule has 4 atom stereocenters. The minimum absolute atomic E-state index is 0.0229. The van der Waals surface area contributed by atoms with Crippen molar-refractivity contribution in [3.05, 3.63) is 71.8 Å². The van der Waals surface area contributed by atoms with Crippen molar-refractivity contribution < 1.29 is 50.3 Å². The lowest BCUT2D eigenvalue weighted by molar-refractivity contribution is -0.419. The summed E-state index contributed by atoms with van der Waals surface area (Å²) in [5.41, 5.74) is 7.48. The van der Waals surface area contributed by atoms with Gasteiger partial charge >= 0.3 is 11.9 Å². The normalized spacial score (nSPS) is 12.6. The van der Waals surface area contributed by atoms with Gasteiger partial charge < -0.3 is 40.7 Å². The second-order valence-electron chi connectivity index (χ2n) is 8.34. The van der Waals surface area contributed by atoms with Gasteiger partial charge in [0.15, 0.2) is 12.2 Å². The SMILES string of the molecule is C#CC[C@H]([NH3+])CC.CC[C@@H]([NH3+])CC#N.O=C(O[C@@H](C(=O)[O-])[C@@H](OC(=O)c1ccccc1)C(=O)[O-])c1ccccc1. The van der Waals surface area contributed by atoms with Crippen LogP contribution in [-0.4, -0.2) is 48.2 Å². The third-order valence-corrected chi connectivity index (χ3v) is 5.17. The molecule has 214 valence electrons. The Balaban J connectivity index is 0.000000894. The van der Waals surface area contributed by atoms with Crippen molar-refractivity contribution in [2.75, 3.05) is 0 Å². The number of hydrogen-bond acceptors (Lipinski definition) is 9. The molecule has 0 amide bonds. The summed E-state index contributed by atoms with van der Waals surface area (Å²) in [6.07, 6.45) is 3.74. The molecule has 2 aromatic rings. The molecule has 0 saturated carbocycles. The quantitative estimate of drug-likeness (QED) is 0.255. The number of carboxylic acids is 2. The summed E-state index contributed by atoms with van der Waals surface area (Å²) >= 11 is 0. The predicted molar refractivity (Wildman–Crippen MR) is 139 cm³/mol. The van der Waals surface area contributed by atoms with E-state index in [2.05, 4.69) is 39.9 Å². The Morgan fingerprint density at radius 1 is 0.775 bits per heavy atom. The van der Waals surface area contributed by atoms with Crippen molar-refractivity contribution in [2.24, 2.45) is 0 Å². The Kier molecular flexibility index (Phi) is 17.9. The highest BCUT2D eigenvalue weighted by Gasteiger charge is 2.32. The molecule has 6 N–H and O–H groups in total. The summed E-state index contributed by atoms with van der Waals surface area (Å²) in [4.78, 5) is 46.5. The average molecular weight is 554 g/mol. The van der Waals surface area contributed by atoms with Gasteiger partial charge in [0.05, 0.1) is 54.1 Å². The molecule has 11 nitrogen and oxygen atoms in total. The van der Waals surface area contributed by atoms with Crippen molar-refractivity contribution in [2.45, 2.75) is 63.8 Å². The summed E-state index contributed by atoms with van der Waals surface area (Å²) in [7, 11) is 0. The summed E-state index contributed by atoms with van der Waals surface area (Å²) in [6.45, 7) is 4.13. The van der Waals surface area contributed by atoms with E-state index in [1.165, 1.54) is 48.5 Å². The number of nitrogens with zero attached hydrogens (tertiary/aromatic N) is 1. The first kappa shape index (κ1) is 35.3. The second-order valence-corrected chi connectivity index (χ2v) is 8.34. The molecular weight excluding hydrogens is 518 g/mol. The topological polar surface area (TPSA) is 212 Å². The molecule has 0 bridgehead atoms. The maximum atomic E-state index is 12.0. The molecule has 0 radical (unpaired) electrons. The Labute approximate surface area is 233 Å². The highest BCUT2D eigenvalue weighted by Crippen LogP contribution is 2.12. The number of nitriles is 1. The number of terminal acetylenes is 1. The van der Waals surface area contributed by atoms with E-state index < -0.39 is 36.1 Å². The fourth-order valence-corrected chi connectivity index (χ4v) is 2.57. The van der Waals surface area contributed by atoms with Crippen molar-refractivity contribution in [3.8, 4) is 18.4 Å². The van der Waals surface area contributed by atoms with Gasteiger partial charge in [-0.1, -0.05) is 50.2 Å². The van der Waals surface area contributed by atoms with Gasteiger partial charge in [0.25, 0.3) is 0 Å². The van der Waals surface area contributed by atoms with Crippen LogP contribution in [0.5, 0.6) is 0 Å². The largest absolute Gasteiger partial charge is 0.546 e. The van der Waals surface area contributed by atoms with E-state index in [1.807, 2.05) is 6.92 Å². The molecule has 2 rings (SSSR count). The van der Waals surface area contributed by atoms with Crippen LogP contribution in [0.3, 0.4) is 0 Å². The van der Waals surface area contributed by atoms with E-state index in [4.69, 9.17) is 11.7 Å². The van der Waals surface area contributed by atoms with Crippen LogP contribution < -0.4 is 21.7 Å². The summed E-state index contributed by atoms with van der Waals surface area (Å²) < 4.78 is 9.32. The van der Waals surface area contributed by atoms with Crippen LogP contribution in [0.2, 0.25) is 0 Å². The van der Waals surface area contributed by atoms with E-state index >= 15 is 0 Å². The zero-order valence-electron chi connectivity index (χ0n) is 22.6. The van der Waals surface area contributed by atoms with E-state index in [0.29, 0.717) is 18.5 Å². The van der Waals surface area contributed by atoms with Crippen LogP contribution in [0.4, 0.5) is 0 Å². The van der Waals surface area contributed by atoms with E-state index in [1.54, 1.807) is 12.1 Å². The molecule has 40 heavy (non-hydrogen) atoms. The van der Waals surface area contributed by atoms with Crippen LogP contribution in [-0.2, 0) is 19.1 Å². The van der Waals surface area contributed by atoms with E-state index in [-0.39, 0.29) is 11.1 Å². The zero-order chi connectivity index (χ0) is 30.5. The summed E-state index contributed by atoms with van der Waals surface area (Å²) in [5, 5.41) is 30.6. The van der Waals surface area contributed by atoms with Gasteiger partial charge in [0.2, 0.25) is 0 Å². The summed E-state index contributed by atoms with van der Waals surface area (Å²) in [5.74, 6) is -3.79. The van der Waals surface area contributed by atoms with Gasteiger partial charge in [0.1, 0.15) is 0 Å². The van der Waals surface area contributed by atoms with Gasteiger partial charge in [-0.3, -0.25) is 0 Å². The zero-order valence-corrected chi connectivity index (χ0v) is 22.6. The third kappa shape index (κ3) is 14.3. The Morgan fingerprint density at radius 2 is 1.12 bits per heavy atom. The lowest BCUT2D eigenvalue weighted by Crippen LogP contribution is -2.60. The number of benzene rings is 2. The number of rotatable bonds is 11. The van der Waals surface area contributed by atoms with Crippen LogP contribution in [0, 0.1) is 23.7 Å². The third-order valence-electron chi connectivity index (χ3n) is 5.17. The van der Waals surface area contributed by atoms with Gasteiger partial charge in [-0.25, -0.2) is 9.59 Å². The van der Waals surface area contributed by atoms with E-state index in [9.17, 15) is 29.4 Å². The summed E-state index contributed by atoms with van der Waals surface area (Å²) in [6, 6.07) is 17.4. The number of aliphatic carboxylic acids is 2. The number of quaternary nitrogens is 2. The van der Waals surface area contributed by atoms with Crippen LogP contribution in [0.15, 0.2) is 60.7 Å². The number of carbonyl (C=O) groups is 4. The molecule has 0 aliphatic heterocycles. The molecule has 0 heterocycles. The number of esters is 2. The number of carbonyl (C=O) groups excluding carboxylic acids is 4. The molecule has 0 aliphatic carbocycles. The van der Waals surface area contributed by atoms with Crippen molar-refractivity contribution in [3.63, 3.8) is 0 Å². The minimum Gasteiger partial charge on any atom is -0.546 e. The lowest BCUT2D eigenvalue weighted by Gasteiger charge is -2.28. The number of ether oxygens (including phenoxy) is 2. The highest BCUT2D eigenvalue weighted by molar-refractivity contribution is 5.94. The minimum atomic E-state index is -2.39. The molecule has 11 heteroatoms. The first-order chi connectivity index (χ1) is 19.0. The first-order valence-corrected chi connectivity index (χ1v) is 12.4. The second kappa shape index (κ2) is 20.3. The monoisotopic (exact) mass is 553 g/mol. The predicted octanol–water partition coefficient (Wildman–Crippen LogP) is -1.11. The van der Waals surface area contributed by atoms with Crippen LogP contribution in [0.1, 0.15) is 60.2 Å². The smallest absolute Gasteiger partial charge is 0.338 e.